The highest BCUT2D eigenvalue weighted by Crippen LogP contribution is 2.24. The van der Waals surface area contributed by atoms with Crippen LogP contribution in [-0.4, -0.2) is 52.3 Å². The molecule has 0 spiro atoms. The van der Waals surface area contributed by atoms with E-state index in [1.165, 1.54) is 5.56 Å². The molecule has 0 atom stereocenters. The number of likely N-dealkylation sites (N-methyl/N-ethyl adjacent to an activating group) is 1. The van der Waals surface area contributed by atoms with Gasteiger partial charge in [-0.3, -0.25) is 4.99 Å². The van der Waals surface area contributed by atoms with Gasteiger partial charge in [0.25, 0.3) is 0 Å². The second-order valence-corrected chi connectivity index (χ2v) is 6.25. The lowest BCUT2D eigenvalue weighted by molar-refractivity contribution is 0.331. The minimum absolute atomic E-state index is 0.618. The third-order valence-electron chi connectivity index (χ3n) is 4.25. The molecule has 0 saturated carbocycles. The summed E-state index contributed by atoms with van der Waals surface area (Å²) in [6, 6.07) is 16.3. The number of benzene rings is 2. The molecule has 0 radical (unpaired) electrons. The molecule has 0 bridgehead atoms. The molecule has 0 fully saturated rings. The summed E-state index contributed by atoms with van der Waals surface area (Å²) >= 11 is 0. The van der Waals surface area contributed by atoms with Crippen molar-refractivity contribution < 1.29 is 9.47 Å². The largest absolute Gasteiger partial charge is 0.497 e. The van der Waals surface area contributed by atoms with Gasteiger partial charge >= 0.3 is 0 Å². The summed E-state index contributed by atoms with van der Waals surface area (Å²) in [7, 11) is 7.20. The number of guanidine groups is 1. The van der Waals surface area contributed by atoms with Crippen LogP contribution in [0.2, 0.25) is 0 Å². The van der Waals surface area contributed by atoms with Crippen LogP contribution >= 0.6 is 0 Å². The van der Waals surface area contributed by atoms with E-state index in [0.717, 1.165) is 42.7 Å². The topological polar surface area (TPSA) is 58.1 Å². The van der Waals surface area contributed by atoms with Crippen molar-refractivity contribution in [3.8, 4) is 11.5 Å². The average molecular weight is 370 g/mol. The van der Waals surface area contributed by atoms with E-state index in [2.05, 4.69) is 51.8 Å². The fraction of sp³-hybridized carbons (Fsp3) is 0.381. The monoisotopic (exact) mass is 370 g/mol. The van der Waals surface area contributed by atoms with Crippen LogP contribution in [0.3, 0.4) is 0 Å². The first-order chi connectivity index (χ1) is 13.2. The van der Waals surface area contributed by atoms with Crippen LogP contribution in [0, 0.1) is 0 Å². The highest BCUT2D eigenvalue weighted by atomic mass is 16.5. The van der Waals surface area contributed by atoms with Crippen molar-refractivity contribution in [3.63, 3.8) is 0 Å². The van der Waals surface area contributed by atoms with Crippen molar-refractivity contribution in [2.24, 2.45) is 4.99 Å². The minimum Gasteiger partial charge on any atom is -0.497 e. The van der Waals surface area contributed by atoms with Crippen molar-refractivity contribution >= 4 is 5.96 Å². The second-order valence-electron chi connectivity index (χ2n) is 6.25. The molecule has 0 aliphatic rings. The van der Waals surface area contributed by atoms with E-state index in [-0.39, 0.29) is 0 Å². The molecule has 0 aliphatic carbocycles. The molecule has 0 saturated heterocycles. The molecule has 0 heterocycles. The van der Waals surface area contributed by atoms with Gasteiger partial charge in [0.1, 0.15) is 11.5 Å². The van der Waals surface area contributed by atoms with Crippen LogP contribution in [0.5, 0.6) is 11.5 Å². The number of ether oxygens (including phenoxy) is 2. The Balaban J connectivity index is 1.77. The van der Waals surface area contributed by atoms with Gasteiger partial charge in [0.05, 0.1) is 14.2 Å². The maximum absolute atomic E-state index is 5.44. The highest BCUT2D eigenvalue weighted by Gasteiger charge is 2.06. The van der Waals surface area contributed by atoms with Gasteiger partial charge in [-0.15, -0.1) is 0 Å². The van der Waals surface area contributed by atoms with Crippen LogP contribution < -0.4 is 20.1 Å². The van der Waals surface area contributed by atoms with Gasteiger partial charge in [-0.25, -0.2) is 0 Å². The number of hydrogen-bond donors (Lipinski definition) is 2. The standard InChI is InChI=1S/C21H30N4O2/c1-22-21(23-12-13-25(2)16-17-8-6-5-7-9-17)24-15-18-10-11-19(26-3)14-20(18)27-4/h5-11,14H,12-13,15-16H2,1-4H3,(H2,22,23,24). The molecular weight excluding hydrogens is 340 g/mol. The molecule has 2 rings (SSSR count). The number of nitrogens with zero attached hydrogens (tertiary/aromatic N) is 2. The molecule has 27 heavy (non-hydrogen) atoms. The van der Waals surface area contributed by atoms with Gasteiger partial charge < -0.3 is 25.0 Å². The zero-order chi connectivity index (χ0) is 19.5. The Morgan fingerprint density at radius 3 is 2.48 bits per heavy atom. The number of methoxy groups -OCH3 is 2. The normalized spacial score (nSPS) is 11.4. The highest BCUT2D eigenvalue weighted by molar-refractivity contribution is 5.79. The Bertz CT molecular complexity index is 719. The molecule has 6 nitrogen and oxygen atoms in total. The Kier molecular flexibility index (Phi) is 8.45. The fourth-order valence-electron chi connectivity index (χ4n) is 2.74. The van der Waals surface area contributed by atoms with Crippen molar-refractivity contribution in [2.75, 3.05) is 41.4 Å². The predicted molar refractivity (Wildman–Crippen MR) is 111 cm³/mol. The van der Waals surface area contributed by atoms with Gasteiger partial charge in [-0.1, -0.05) is 30.3 Å². The Morgan fingerprint density at radius 1 is 1.04 bits per heavy atom. The molecule has 0 amide bonds. The molecular formula is C21H30N4O2. The van der Waals surface area contributed by atoms with Gasteiger partial charge in [0, 0.05) is 44.9 Å². The Morgan fingerprint density at radius 2 is 1.81 bits per heavy atom. The van der Waals surface area contributed by atoms with Gasteiger partial charge in [0.2, 0.25) is 0 Å². The van der Waals surface area contributed by atoms with E-state index in [1.807, 2.05) is 24.3 Å². The lowest BCUT2D eigenvalue weighted by Gasteiger charge is -2.19. The Hall–Kier alpha value is -2.73. The third-order valence-corrected chi connectivity index (χ3v) is 4.25. The summed E-state index contributed by atoms with van der Waals surface area (Å²) in [5.41, 5.74) is 2.36. The van der Waals surface area contributed by atoms with Crippen molar-refractivity contribution in [3.05, 3.63) is 59.7 Å². The molecule has 6 heteroatoms. The summed E-state index contributed by atoms with van der Waals surface area (Å²) in [6.45, 7) is 3.27. The predicted octanol–water partition coefficient (Wildman–Crippen LogP) is 2.50. The zero-order valence-electron chi connectivity index (χ0n) is 16.7. The molecule has 2 aromatic rings. The van der Waals surface area contributed by atoms with E-state index >= 15 is 0 Å². The zero-order valence-corrected chi connectivity index (χ0v) is 16.7. The minimum atomic E-state index is 0.618. The first kappa shape index (κ1) is 20.6. The molecule has 0 aliphatic heterocycles. The molecule has 146 valence electrons. The molecule has 0 aromatic heterocycles. The average Bonchev–Trinajstić information content (AvgIpc) is 2.71. The third kappa shape index (κ3) is 6.83. The summed E-state index contributed by atoms with van der Waals surface area (Å²) in [5, 5.41) is 6.67. The van der Waals surface area contributed by atoms with Crippen LogP contribution in [0.15, 0.2) is 53.5 Å². The maximum Gasteiger partial charge on any atom is 0.191 e. The summed E-state index contributed by atoms with van der Waals surface area (Å²) < 4.78 is 10.7. The van der Waals surface area contributed by atoms with Crippen LogP contribution in [-0.2, 0) is 13.1 Å². The summed E-state index contributed by atoms with van der Waals surface area (Å²) in [6.07, 6.45) is 0. The number of hydrogen-bond acceptors (Lipinski definition) is 4. The van der Waals surface area contributed by atoms with E-state index < -0.39 is 0 Å². The SMILES string of the molecule is CN=C(NCCN(C)Cc1ccccc1)NCc1ccc(OC)cc1OC. The van der Waals surface area contributed by atoms with Crippen molar-refractivity contribution in [2.45, 2.75) is 13.1 Å². The maximum atomic E-state index is 5.44. The van der Waals surface area contributed by atoms with Crippen molar-refractivity contribution in [1.29, 1.82) is 0 Å². The number of aliphatic imine (C=N–C) groups is 1. The first-order valence-electron chi connectivity index (χ1n) is 9.04. The number of nitrogens with one attached hydrogen (secondary N) is 2. The van der Waals surface area contributed by atoms with E-state index in [9.17, 15) is 0 Å². The quantitative estimate of drug-likeness (QED) is 0.525. The smallest absolute Gasteiger partial charge is 0.191 e. The summed E-state index contributed by atoms with van der Waals surface area (Å²) in [5.74, 6) is 2.33. The molecule has 2 aromatic carbocycles. The van der Waals surface area contributed by atoms with Crippen LogP contribution in [0.1, 0.15) is 11.1 Å². The summed E-state index contributed by atoms with van der Waals surface area (Å²) in [4.78, 5) is 6.56. The fourth-order valence-corrected chi connectivity index (χ4v) is 2.74. The molecule has 0 unspecified atom stereocenters. The van der Waals surface area contributed by atoms with Crippen LogP contribution in [0.25, 0.3) is 0 Å². The lowest BCUT2D eigenvalue weighted by Crippen LogP contribution is -2.40. The van der Waals surface area contributed by atoms with Crippen molar-refractivity contribution in [1.82, 2.24) is 15.5 Å². The number of rotatable bonds is 9. The van der Waals surface area contributed by atoms with E-state index in [0.29, 0.717) is 6.54 Å². The van der Waals surface area contributed by atoms with Gasteiger partial charge in [-0.2, -0.15) is 0 Å². The second kappa shape index (κ2) is 11.1. The van der Waals surface area contributed by atoms with Gasteiger partial charge in [-0.05, 0) is 24.7 Å². The molecule has 2 N–H and O–H groups in total. The van der Waals surface area contributed by atoms with E-state index in [4.69, 9.17) is 9.47 Å². The van der Waals surface area contributed by atoms with Crippen LogP contribution in [0.4, 0.5) is 0 Å². The first-order valence-corrected chi connectivity index (χ1v) is 9.04. The Labute approximate surface area is 162 Å². The lowest BCUT2D eigenvalue weighted by atomic mass is 10.2. The van der Waals surface area contributed by atoms with E-state index in [1.54, 1.807) is 21.3 Å². The van der Waals surface area contributed by atoms with Gasteiger partial charge in [0.15, 0.2) is 5.96 Å².